The summed E-state index contributed by atoms with van der Waals surface area (Å²) >= 11 is 0. The molecule has 0 saturated heterocycles. The first-order valence-corrected chi connectivity index (χ1v) is 8.43. The van der Waals surface area contributed by atoms with Gasteiger partial charge in [-0.05, 0) is 42.3 Å². The van der Waals surface area contributed by atoms with Crippen LogP contribution in [0.5, 0.6) is 5.75 Å². The van der Waals surface area contributed by atoms with Gasteiger partial charge in [-0.3, -0.25) is 5.10 Å². The minimum Gasteiger partial charge on any atom is -0.496 e. The highest BCUT2D eigenvalue weighted by Gasteiger charge is 2.14. The number of nitrogens with zero attached hydrogens (tertiary/aromatic N) is 2. The van der Waals surface area contributed by atoms with E-state index in [9.17, 15) is 5.11 Å². The molecule has 0 unspecified atom stereocenters. The Kier molecular flexibility index (Phi) is 4.14. The zero-order valence-corrected chi connectivity index (χ0v) is 14.6. The third-order valence-corrected chi connectivity index (χ3v) is 4.49. The lowest BCUT2D eigenvalue weighted by atomic mass is 10.0. The average molecular weight is 345 g/mol. The third kappa shape index (κ3) is 2.82. The highest BCUT2D eigenvalue weighted by Crippen LogP contribution is 2.34. The van der Waals surface area contributed by atoms with Gasteiger partial charge in [-0.25, -0.2) is 4.98 Å². The van der Waals surface area contributed by atoms with Gasteiger partial charge in [0.05, 0.1) is 18.9 Å². The molecule has 2 N–H and O–H groups in total. The first-order chi connectivity index (χ1) is 12.7. The van der Waals surface area contributed by atoms with Crippen LogP contribution in [0.4, 0.5) is 0 Å². The van der Waals surface area contributed by atoms with Crippen LogP contribution in [0.1, 0.15) is 18.6 Å². The number of hydrogen-bond acceptors (Lipinski definition) is 4. The van der Waals surface area contributed by atoms with E-state index in [-0.39, 0.29) is 0 Å². The van der Waals surface area contributed by atoms with Crippen molar-refractivity contribution in [3.8, 4) is 28.1 Å². The predicted octanol–water partition coefficient (Wildman–Crippen LogP) is 4.35. The molecule has 0 spiro atoms. The molecule has 2 heterocycles. The van der Waals surface area contributed by atoms with Crippen molar-refractivity contribution in [1.82, 2.24) is 15.2 Å². The lowest BCUT2D eigenvalue weighted by Gasteiger charge is -2.09. The monoisotopic (exact) mass is 345 g/mol. The summed E-state index contributed by atoms with van der Waals surface area (Å²) < 4.78 is 5.48. The van der Waals surface area contributed by atoms with E-state index in [0.29, 0.717) is 5.65 Å². The van der Waals surface area contributed by atoms with Crippen LogP contribution in [-0.4, -0.2) is 27.4 Å². The molecule has 0 aliphatic carbocycles. The first kappa shape index (κ1) is 16.3. The smallest absolute Gasteiger partial charge is 0.181 e. The number of aromatic amines is 1. The second-order valence-corrected chi connectivity index (χ2v) is 6.20. The number of aromatic nitrogens is 3. The van der Waals surface area contributed by atoms with E-state index in [1.807, 2.05) is 48.5 Å². The molecule has 0 fully saturated rings. The molecule has 1 atom stereocenters. The Hall–Kier alpha value is -3.18. The van der Waals surface area contributed by atoms with Gasteiger partial charge in [0.15, 0.2) is 5.65 Å². The van der Waals surface area contributed by atoms with Crippen molar-refractivity contribution >= 4 is 11.0 Å². The molecule has 4 rings (SSSR count). The van der Waals surface area contributed by atoms with E-state index in [1.165, 1.54) is 0 Å². The molecule has 26 heavy (non-hydrogen) atoms. The van der Waals surface area contributed by atoms with Crippen molar-refractivity contribution in [3.05, 3.63) is 66.4 Å². The van der Waals surface area contributed by atoms with Gasteiger partial charge in [-0.2, -0.15) is 5.10 Å². The summed E-state index contributed by atoms with van der Waals surface area (Å²) in [5.74, 6) is 0.777. The van der Waals surface area contributed by atoms with Gasteiger partial charge in [0, 0.05) is 22.7 Å². The van der Waals surface area contributed by atoms with Crippen LogP contribution in [0, 0.1) is 0 Å². The second kappa shape index (κ2) is 6.61. The van der Waals surface area contributed by atoms with Crippen LogP contribution in [0.3, 0.4) is 0 Å². The Morgan fingerprint density at radius 1 is 1.04 bits per heavy atom. The molecule has 0 saturated carbocycles. The van der Waals surface area contributed by atoms with Gasteiger partial charge in [-0.15, -0.1) is 0 Å². The minimum atomic E-state index is -0.510. The number of hydrogen-bond donors (Lipinski definition) is 2. The van der Waals surface area contributed by atoms with E-state index < -0.39 is 6.10 Å². The molecule has 4 aromatic rings. The lowest BCUT2D eigenvalue weighted by Crippen LogP contribution is -1.91. The number of para-hydroxylation sites is 1. The molecule has 130 valence electrons. The van der Waals surface area contributed by atoms with Gasteiger partial charge >= 0.3 is 0 Å². The topological polar surface area (TPSA) is 71.0 Å². The predicted molar refractivity (Wildman–Crippen MR) is 102 cm³/mol. The number of pyridine rings is 1. The van der Waals surface area contributed by atoms with E-state index >= 15 is 0 Å². The summed E-state index contributed by atoms with van der Waals surface area (Å²) in [7, 11) is 1.66. The Morgan fingerprint density at radius 2 is 1.88 bits per heavy atom. The largest absolute Gasteiger partial charge is 0.496 e. The number of methoxy groups -OCH3 is 1. The van der Waals surface area contributed by atoms with Gasteiger partial charge in [0.25, 0.3) is 0 Å². The van der Waals surface area contributed by atoms with Crippen LogP contribution >= 0.6 is 0 Å². The quantitative estimate of drug-likeness (QED) is 0.577. The Labute approximate surface area is 151 Å². The fourth-order valence-electron chi connectivity index (χ4n) is 3.09. The van der Waals surface area contributed by atoms with Crippen molar-refractivity contribution in [1.29, 1.82) is 0 Å². The van der Waals surface area contributed by atoms with Gasteiger partial charge < -0.3 is 9.84 Å². The van der Waals surface area contributed by atoms with Crippen LogP contribution in [0.25, 0.3) is 33.4 Å². The maximum Gasteiger partial charge on any atom is 0.181 e. The lowest BCUT2D eigenvalue weighted by molar-refractivity contribution is 0.199. The number of ether oxygens (including phenoxy) is 1. The van der Waals surface area contributed by atoms with Crippen molar-refractivity contribution in [2.24, 2.45) is 0 Å². The van der Waals surface area contributed by atoms with Crippen LogP contribution < -0.4 is 4.74 Å². The van der Waals surface area contributed by atoms with Gasteiger partial charge in [0.1, 0.15) is 5.75 Å². The van der Waals surface area contributed by atoms with Crippen LogP contribution in [0.2, 0.25) is 0 Å². The maximum atomic E-state index is 9.84. The summed E-state index contributed by atoms with van der Waals surface area (Å²) in [6, 6.07) is 17.7. The molecule has 0 aliphatic heterocycles. The molecule has 5 nitrogen and oxygen atoms in total. The number of fused-ring (bicyclic) bond motifs is 1. The molecule has 2 aromatic carbocycles. The second-order valence-electron chi connectivity index (χ2n) is 6.20. The van der Waals surface area contributed by atoms with Crippen molar-refractivity contribution < 1.29 is 9.84 Å². The summed E-state index contributed by atoms with van der Waals surface area (Å²) in [6.45, 7) is 1.76. The Bertz CT molecular complexity index is 1070. The summed E-state index contributed by atoms with van der Waals surface area (Å²) in [4.78, 5) is 4.49. The van der Waals surface area contributed by atoms with Crippen LogP contribution in [0.15, 0.2) is 60.8 Å². The highest BCUT2D eigenvalue weighted by atomic mass is 16.5. The number of nitrogens with one attached hydrogen (secondary N) is 1. The fraction of sp³-hybridized carbons (Fsp3) is 0.143. The molecule has 0 aliphatic rings. The normalized spacial score (nSPS) is 12.3. The van der Waals surface area contributed by atoms with Crippen LogP contribution in [-0.2, 0) is 0 Å². The summed E-state index contributed by atoms with van der Waals surface area (Å²) in [5.41, 5.74) is 5.32. The van der Waals surface area contributed by atoms with Crippen molar-refractivity contribution in [2.75, 3.05) is 7.11 Å². The van der Waals surface area contributed by atoms with Crippen molar-refractivity contribution in [3.63, 3.8) is 0 Å². The first-order valence-electron chi connectivity index (χ1n) is 8.43. The highest BCUT2D eigenvalue weighted by molar-refractivity contribution is 5.94. The molecular formula is C21H19N3O2. The van der Waals surface area contributed by atoms with Crippen molar-refractivity contribution in [2.45, 2.75) is 13.0 Å². The number of H-pyrrole nitrogens is 1. The molecule has 2 aromatic heterocycles. The fourth-order valence-corrected chi connectivity index (χ4v) is 3.09. The van der Waals surface area contributed by atoms with E-state index in [0.717, 1.165) is 39.1 Å². The number of benzene rings is 2. The van der Waals surface area contributed by atoms with E-state index in [1.54, 1.807) is 20.2 Å². The molecular weight excluding hydrogens is 326 g/mol. The summed E-state index contributed by atoms with van der Waals surface area (Å²) in [5, 5.41) is 18.2. The summed E-state index contributed by atoms with van der Waals surface area (Å²) in [6.07, 6.45) is 1.29. The number of rotatable bonds is 4. The average Bonchev–Trinajstić information content (AvgIpc) is 3.11. The van der Waals surface area contributed by atoms with E-state index in [2.05, 4.69) is 21.2 Å². The van der Waals surface area contributed by atoms with Gasteiger partial charge in [0.2, 0.25) is 0 Å². The SMILES string of the molecule is COc1ccccc1-c1[nH]nc2ncc(-c3cccc([C@@H](C)O)c3)cc12. The van der Waals surface area contributed by atoms with E-state index in [4.69, 9.17) is 4.74 Å². The minimum absolute atomic E-state index is 0.510. The zero-order chi connectivity index (χ0) is 18.1. The molecule has 0 radical (unpaired) electrons. The zero-order valence-electron chi connectivity index (χ0n) is 14.6. The maximum absolute atomic E-state index is 9.84. The molecule has 0 bridgehead atoms. The number of aliphatic hydroxyl groups is 1. The number of aliphatic hydroxyl groups excluding tert-OH is 1. The standard InChI is InChI=1S/C21H19N3O2/c1-13(25)14-6-5-7-15(10-14)16-11-18-20(23-24-21(18)22-12-16)17-8-3-4-9-19(17)26-2/h3-13,25H,1-2H3,(H,22,23,24)/t13-/m1/s1. The third-order valence-electron chi connectivity index (χ3n) is 4.49. The molecule has 5 heteroatoms. The van der Waals surface area contributed by atoms with Gasteiger partial charge in [-0.1, -0.05) is 30.3 Å². The Balaban J connectivity index is 1.86. The Morgan fingerprint density at radius 3 is 2.69 bits per heavy atom. The molecule has 0 amide bonds.